The third-order valence-corrected chi connectivity index (χ3v) is 7.94. The average Bonchev–Trinajstić information content (AvgIpc) is 3.08. The van der Waals surface area contributed by atoms with Crippen molar-refractivity contribution in [2.75, 3.05) is 0 Å². The topological polar surface area (TPSA) is 134 Å². The van der Waals surface area contributed by atoms with Crippen LogP contribution >= 0.6 is 0 Å². The lowest BCUT2D eigenvalue weighted by atomic mass is 9.60. The van der Waals surface area contributed by atoms with Crippen molar-refractivity contribution < 1.29 is 39.5 Å². The second kappa shape index (κ2) is 7.66. The molecule has 0 radical (unpaired) electrons. The van der Waals surface area contributed by atoms with E-state index >= 15 is 0 Å². The number of hydrogen-bond donors (Lipinski definition) is 4. The molecule has 1 saturated heterocycles. The summed E-state index contributed by atoms with van der Waals surface area (Å²) in [5.41, 5.74) is 3.42. The van der Waals surface area contributed by atoms with Gasteiger partial charge in [0, 0.05) is 17.8 Å². The minimum Gasteiger partial charge on any atom is -0.479 e. The van der Waals surface area contributed by atoms with Crippen molar-refractivity contribution in [1.82, 2.24) is 0 Å². The van der Waals surface area contributed by atoms with E-state index in [2.05, 4.69) is 13.0 Å². The predicted molar refractivity (Wildman–Crippen MR) is 111 cm³/mol. The summed E-state index contributed by atoms with van der Waals surface area (Å²) >= 11 is 0. The first-order valence-electron chi connectivity index (χ1n) is 11.2. The van der Waals surface area contributed by atoms with E-state index in [1.54, 1.807) is 6.07 Å². The second-order valence-electron chi connectivity index (χ2n) is 9.64. The number of carboxylic acids is 1. The molecule has 0 spiro atoms. The Balaban J connectivity index is 1.36. The number of Topliss-reactive ketones (excluding diaryl/α,β-unsaturated/α-hetero) is 1. The van der Waals surface area contributed by atoms with E-state index in [0.29, 0.717) is 30.3 Å². The number of aliphatic carboxylic acids is 1. The second-order valence-corrected chi connectivity index (χ2v) is 9.64. The van der Waals surface area contributed by atoms with Gasteiger partial charge in [-0.1, -0.05) is 24.6 Å². The molecule has 3 aliphatic carbocycles. The minimum atomic E-state index is -1.76. The van der Waals surface area contributed by atoms with Crippen molar-refractivity contribution in [2.45, 2.75) is 75.7 Å². The fraction of sp³-hybridized carbons (Fsp3) is 0.583. The van der Waals surface area contributed by atoms with E-state index in [-0.39, 0.29) is 11.3 Å². The Labute approximate surface area is 185 Å². The monoisotopic (exact) mass is 444 g/mol. The van der Waals surface area contributed by atoms with Gasteiger partial charge in [0.2, 0.25) is 6.29 Å². The smallest absolute Gasteiger partial charge is 0.335 e. The molecule has 0 bridgehead atoms. The zero-order valence-corrected chi connectivity index (χ0v) is 17.8. The van der Waals surface area contributed by atoms with Crippen molar-refractivity contribution >= 4 is 11.8 Å². The Kier molecular flexibility index (Phi) is 5.16. The van der Waals surface area contributed by atoms with Gasteiger partial charge in [0.15, 0.2) is 6.10 Å². The molecule has 1 aromatic carbocycles. The fourth-order valence-electron chi connectivity index (χ4n) is 6.08. The number of aliphatic hydroxyl groups is 3. The first kappa shape index (κ1) is 21.6. The van der Waals surface area contributed by atoms with Gasteiger partial charge in [0.25, 0.3) is 0 Å². The van der Waals surface area contributed by atoms with E-state index in [4.69, 9.17) is 9.47 Å². The summed E-state index contributed by atoms with van der Waals surface area (Å²) < 4.78 is 10.9. The molecule has 4 aliphatic rings. The van der Waals surface area contributed by atoms with Crippen molar-refractivity contribution in [3.8, 4) is 5.75 Å². The molecule has 0 aromatic heterocycles. The quantitative estimate of drug-likeness (QED) is 0.513. The summed E-state index contributed by atoms with van der Waals surface area (Å²) in [6.45, 7) is 2.11. The van der Waals surface area contributed by atoms with E-state index in [0.717, 1.165) is 24.8 Å². The maximum absolute atomic E-state index is 12.5. The number of carboxylic acid groups (broad SMARTS) is 1. The first-order chi connectivity index (χ1) is 15.2. The number of ether oxygens (including phenoxy) is 2. The number of ketones is 1. The number of rotatable bonds is 3. The molecule has 2 saturated carbocycles. The molecule has 4 N–H and O–H groups in total. The van der Waals surface area contributed by atoms with E-state index < -0.39 is 36.7 Å². The molecule has 3 fully saturated rings. The van der Waals surface area contributed by atoms with Crippen LogP contribution in [0.2, 0.25) is 0 Å². The van der Waals surface area contributed by atoms with Crippen LogP contribution in [0.3, 0.4) is 0 Å². The van der Waals surface area contributed by atoms with E-state index in [1.807, 2.05) is 12.1 Å². The van der Waals surface area contributed by atoms with Gasteiger partial charge < -0.3 is 29.9 Å². The van der Waals surface area contributed by atoms with Gasteiger partial charge in [-0.05, 0) is 54.9 Å². The Bertz CT molecular complexity index is 986. The Morgan fingerprint density at radius 2 is 1.94 bits per heavy atom. The zero-order valence-electron chi connectivity index (χ0n) is 17.8. The zero-order chi connectivity index (χ0) is 22.8. The van der Waals surface area contributed by atoms with Gasteiger partial charge in [-0.25, -0.2) is 4.79 Å². The van der Waals surface area contributed by atoms with E-state index in [9.17, 15) is 30.0 Å². The van der Waals surface area contributed by atoms with Crippen LogP contribution in [-0.4, -0.2) is 62.9 Å². The van der Waals surface area contributed by atoms with E-state index in [1.165, 1.54) is 11.1 Å². The minimum absolute atomic E-state index is 0.233. The Morgan fingerprint density at radius 3 is 2.69 bits per heavy atom. The molecule has 0 unspecified atom stereocenters. The molecule has 5 rings (SSSR count). The summed E-state index contributed by atoms with van der Waals surface area (Å²) in [4.78, 5) is 23.8. The molecule has 1 heterocycles. The van der Waals surface area contributed by atoms with Crippen molar-refractivity contribution in [3.05, 3.63) is 41.0 Å². The first-order valence-corrected chi connectivity index (χ1v) is 11.2. The van der Waals surface area contributed by atoms with Crippen LogP contribution in [-0.2, 0) is 20.7 Å². The van der Waals surface area contributed by atoms with Crippen molar-refractivity contribution in [2.24, 2.45) is 11.3 Å². The summed E-state index contributed by atoms with van der Waals surface area (Å²) in [6.07, 6.45) is -1.86. The molecule has 32 heavy (non-hydrogen) atoms. The number of carbonyl (C=O) groups is 2. The lowest BCUT2D eigenvalue weighted by Gasteiger charge is -2.43. The number of allylic oxidation sites excluding steroid dienone is 2. The van der Waals surface area contributed by atoms with Gasteiger partial charge >= 0.3 is 5.97 Å². The standard InChI is InChI=1S/C24H28O8/c1-24-9-8-14-13-5-3-12(10-11(13)2-4-15(14)16(24)6-7-17(24)25)31-23-20(28)18(26)19(27)21(32-23)22(29)30/h3-5,10,14,16,18-21,23,26-28H,2,6-9H2,1H3,(H,29,30)/t14-,16+,18-,19-,20-,21-,23+,24-/m0/s1. The number of hydrogen-bond acceptors (Lipinski definition) is 7. The normalized spacial score (nSPS) is 40.7. The van der Waals surface area contributed by atoms with Crippen molar-refractivity contribution in [1.29, 1.82) is 0 Å². The number of benzene rings is 1. The van der Waals surface area contributed by atoms with Gasteiger partial charge in [-0.15, -0.1) is 0 Å². The fourth-order valence-corrected chi connectivity index (χ4v) is 6.08. The summed E-state index contributed by atoms with van der Waals surface area (Å²) in [5.74, 6) is -0.0931. The highest BCUT2D eigenvalue weighted by atomic mass is 16.7. The van der Waals surface area contributed by atoms with Gasteiger partial charge in [0.05, 0.1) is 0 Å². The number of fused-ring (bicyclic) bond motifs is 5. The molecule has 1 aliphatic heterocycles. The SMILES string of the molecule is C[C@]12CC[C@@H]3C(=CCc4cc(O[C@@H]5O[C@H](C(=O)O)[C@@H](O)[C@H](O)[C@@H]5O)ccc43)[C@H]1CCC2=O. The van der Waals surface area contributed by atoms with Gasteiger partial charge in [-0.2, -0.15) is 0 Å². The number of carbonyl (C=O) groups excluding carboxylic acids is 1. The highest BCUT2D eigenvalue weighted by Gasteiger charge is 2.52. The Morgan fingerprint density at radius 1 is 1.16 bits per heavy atom. The summed E-state index contributed by atoms with van der Waals surface area (Å²) in [7, 11) is 0. The lowest BCUT2D eigenvalue weighted by Crippen LogP contribution is -2.61. The lowest BCUT2D eigenvalue weighted by molar-refractivity contribution is -0.271. The molecular formula is C24H28O8. The highest BCUT2D eigenvalue weighted by Crippen LogP contribution is 2.58. The summed E-state index contributed by atoms with van der Waals surface area (Å²) in [6, 6.07) is 5.58. The average molecular weight is 444 g/mol. The Hall–Kier alpha value is -2.26. The van der Waals surface area contributed by atoms with Crippen molar-refractivity contribution in [3.63, 3.8) is 0 Å². The molecule has 172 valence electrons. The maximum Gasteiger partial charge on any atom is 0.335 e. The van der Waals surface area contributed by atoms with Gasteiger partial charge in [0.1, 0.15) is 29.8 Å². The van der Waals surface area contributed by atoms with Crippen LogP contribution in [0.25, 0.3) is 0 Å². The predicted octanol–water partition coefficient (Wildman–Crippen LogP) is 1.30. The van der Waals surface area contributed by atoms with Crippen LogP contribution < -0.4 is 4.74 Å². The molecule has 8 atom stereocenters. The third-order valence-electron chi connectivity index (χ3n) is 7.94. The van der Waals surface area contributed by atoms with Gasteiger partial charge in [-0.3, -0.25) is 4.79 Å². The third kappa shape index (κ3) is 3.20. The van der Waals surface area contributed by atoms with Crippen LogP contribution in [0.5, 0.6) is 5.75 Å². The molecule has 8 nitrogen and oxygen atoms in total. The molecule has 8 heteroatoms. The van der Waals surface area contributed by atoms with Crippen LogP contribution in [0.1, 0.15) is 49.7 Å². The maximum atomic E-state index is 12.5. The molecule has 0 amide bonds. The molecule has 1 aromatic rings. The highest BCUT2D eigenvalue weighted by molar-refractivity contribution is 5.88. The van der Waals surface area contributed by atoms with Crippen LogP contribution in [0, 0.1) is 11.3 Å². The summed E-state index contributed by atoms with van der Waals surface area (Å²) in [5, 5.41) is 39.2. The largest absolute Gasteiger partial charge is 0.479 e. The van der Waals surface area contributed by atoms with Crippen LogP contribution in [0.15, 0.2) is 29.8 Å². The number of aliphatic hydroxyl groups excluding tert-OH is 3. The molecular weight excluding hydrogens is 416 g/mol. The van der Waals surface area contributed by atoms with Crippen LogP contribution in [0.4, 0.5) is 0 Å².